The van der Waals surface area contributed by atoms with Gasteiger partial charge in [0.15, 0.2) is 0 Å². The summed E-state index contributed by atoms with van der Waals surface area (Å²) in [7, 11) is 0. The number of benzene rings is 1. The summed E-state index contributed by atoms with van der Waals surface area (Å²) in [5.41, 5.74) is 2.52. The van der Waals surface area contributed by atoms with Gasteiger partial charge >= 0.3 is 0 Å². The Hall–Kier alpha value is -0.990. The normalized spacial score (nSPS) is 10.8. The monoisotopic (exact) mass is 265 g/mol. The lowest BCUT2D eigenvalue weighted by atomic mass is 10.0. The molecule has 2 aromatic rings. The van der Waals surface area contributed by atoms with E-state index in [4.69, 9.17) is 11.6 Å². The van der Waals surface area contributed by atoms with E-state index in [-0.39, 0.29) is 0 Å². The van der Waals surface area contributed by atoms with Crippen LogP contribution in [0.25, 0.3) is 0 Å². The van der Waals surface area contributed by atoms with Crippen molar-refractivity contribution in [2.24, 2.45) is 0 Å². The molecule has 1 nitrogen and oxygen atoms in total. The average molecular weight is 266 g/mol. The highest BCUT2D eigenvalue weighted by molar-refractivity contribution is 7.10. The van der Waals surface area contributed by atoms with E-state index in [0.29, 0.717) is 5.92 Å². The first-order valence-electron chi connectivity index (χ1n) is 5.72. The summed E-state index contributed by atoms with van der Waals surface area (Å²) in [5, 5.41) is 6.17. The van der Waals surface area contributed by atoms with Crippen LogP contribution < -0.4 is 5.32 Å². The van der Waals surface area contributed by atoms with Gasteiger partial charge in [-0.1, -0.05) is 37.6 Å². The third-order valence-corrected chi connectivity index (χ3v) is 3.95. The minimum Gasteiger partial charge on any atom is -0.380 e. The molecule has 0 aliphatic carbocycles. The highest BCUT2D eigenvalue weighted by Crippen LogP contribution is 2.21. The van der Waals surface area contributed by atoms with E-state index >= 15 is 0 Å². The second-order valence-corrected chi connectivity index (χ2v) is 5.79. The topological polar surface area (TPSA) is 12.0 Å². The van der Waals surface area contributed by atoms with Crippen LogP contribution >= 0.6 is 22.9 Å². The van der Waals surface area contributed by atoms with Crippen LogP contribution in [-0.2, 0) is 6.54 Å². The summed E-state index contributed by atoms with van der Waals surface area (Å²) in [6.07, 6.45) is 0. The summed E-state index contributed by atoms with van der Waals surface area (Å²) in [5.74, 6) is 0.583. The Morgan fingerprint density at radius 1 is 1.24 bits per heavy atom. The number of thiophene rings is 1. The molecule has 1 heterocycles. The molecule has 0 unspecified atom stereocenters. The van der Waals surface area contributed by atoms with E-state index < -0.39 is 0 Å². The predicted octanol–water partition coefficient (Wildman–Crippen LogP) is 5.14. The second-order valence-electron chi connectivity index (χ2n) is 4.36. The first kappa shape index (κ1) is 12.5. The molecule has 0 spiro atoms. The van der Waals surface area contributed by atoms with Gasteiger partial charge in [-0.05, 0) is 29.7 Å². The zero-order chi connectivity index (χ0) is 12.3. The molecule has 1 N–H and O–H groups in total. The van der Waals surface area contributed by atoms with Crippen molar-refractivity contribution in [1.82, 2.24) is 0 Å². The third-order valence-electron chi connectivity index (χ3n) is 2.67. The highest BCUT2D eigenvalue weighted by Gasteiger charge is 2.00. The summed E-state index contributed by atoms with van der Waals surface area (Å²) >= 11 is 7.56. The first-order valence-corrected chi connectivity index (χ1v) is 6.97. The molecule has 17 heavy (non-hydrogen) atoms. The fourth-order valence-corrected chi connectivity index (χ4v) is 2.63. The Morgan fingerprint density at radius 3 is 2.47 bits per heavy atom. The summed E-state index contributed by atoms with van der Waals surface area (Å²) in [6, 6.07) is 10.6. The Kier molecular flexibility index (Phi) is 4.08. The molecule has 0 amide bonds. The SMILES string of the molecule is CC(C)c1ccc(NCc2cc(Cl)cs2)cc1. The van der Waals surface area contributed by atoms with Crippen LogP contribution in [0.1, 0.15) is 30.2 Å². The fraction of sp³-hybridized carbons (Fsp3) is 0.286. The molecule has 0 fully saturated rings. The van der Waals surface area contributed by atoms with Gasteiger partial charge in [-0.3, -0.25) is 0 Å². The van der Waals surface area contributed by atoms with Crippen molar-refractivity contribution in [3.05, 3.63) is 51.2 Å². The van der Waals surface area contributed by atoms with Crippen LogP contribution in [0.2, 0.25) is 5.02 Å². The zero-order valence-electron chi connectivity index (χ0n) is 10.0. The van der Waals surface area contributed by atoms with Gasteiger partial charge in [0.25, 0.3) is 0 Å². The fourth-order valence-electron chi connectivity index (χ4n) is 1.62. The van der Waals surface area contributed by atoms with E-state index in [1.165, 1.54) is 10.4 Å². The van der Waals surface area contributed by atoms with Crippen LogP contribution in [0.4, 0.5) is 5.69 Å². The Morgan fingerprint density at radius 2 is 1.94 bits per heavy atom. The molecule has 3 heteroatoms. The smallest absolute Gasteiger partial charge is 0.0516 e. The molecule has 0 saturated carbocycles. The quantitative estimate of drug-likeness (QED) is 0.807. The first-order chi connectivity index (χ1) is 8.15. The maximum atomic E-state index is 5.88. The molecular formula is C14H16ClNS. The number of nitrogens with one attached hydrogen (secondary N) is 1. The van der Waals surface area contributed by atoms with E-state index in [1.807, 2.05) is 11.4 Å². The van der Waals surface area contributed by atoms with E-state index in [0.717, 1.165) is 17.3 Å². The molecule has 0 saturated heterocycles. The molecule has 0 atom stereocenters. The van der Waals surface area contributed by atoms with E-state index in [1.54, 1.807) is 11.3 Å². The second kappa shape index (κ2) is 5.56. The molecule has 0 aliphatic rings. The van der Waals surface area contributed by atoms with Crippen molar-refractivity contribution >= 4 is 28.6 Å². The Labute approximate surface area is 111 Å². The maximum Gasteiger partial charge on any atom is 0.0516 e. The molecule has 90 valence electrons. The molecule has 1 aromatic carbocycles. The van der Waals surface area contributed by atoms with Gasteiger partial charge in [0, 0.05) is 22.5 Å². The molecule has 0 bridgehead atoms. The minimum absolute atomic E-state index is 0.583. The molecule has 0 aliphatic heterocycles. The molecule has 1 aromatic heterocycles. The zero-order valence-corrected chi connectivity index (χ0v) is 11.6. The van der Waals surface area contributed by atoms with E-state index in [2.05, 4.69) is 43.4 Å². The third kappa shape index (κ3) is 3.48. The van der Waals surface area contributed by atoms with Crippen LogP contribution in [-0.4, -0.2) is 0 Å². The predicted molar refractivity (Wildman–Crippen MR) is 77.2 cm³/mol. The minimum atomic E-state index is 0.583. The van der Waals surface area contributed by atoms with Crippen molar-refractivity contribution in [2.75, 3.05) is 5.32 Å². The van der Waals surface area contributed by atoms with Gasteiger partial charge < -0.3 is 5.32 Å². The number of hydrogen-bond donors (Lipinski definition) is 1. The number of halogens is 1. The average Bonchev–Trinajstić information content (AvgIpc) is 2.73. The summed E-state index contributed by atoms with van der Waals surface area (Å²) < 4.78 is 0. The van der Waals surface area contributed by atoms with Crippen molar-refractivity contribution < 1.29 is 0 Å². The lowest BCUT2D eigenvalue weighted by molar-refractivity contribution is 0.867. The Balaban J connectivity index is 1.95. The van der Waals surface area contributed by atoms with Crippen molar-refractivity contribution in [3.8, 4) is 0 Å². The van der Waals surface area contributed by atoms with Gasteiger partial charge in [-0.15, -0.1) is 11.3 Å². The van der Waals surface area contributed by atoms with Crippen LogP contribution in [0.3, 0.4) is 0 Å². The van der Waals surface area contributed by atoms with Crippen molar-refractivity contribution in [3.63, 3.8) is 0 Å². The van der Waals surface area contributed by atoms with E-state index in [9.17, 15) is 0 Å². The highest BCUT2D eigenvalue weighted by atomic mass is 35.5. The number of hydrogen-bond acceptors (Lipinski definition) is 2. The van der Waals surface area contributed by atoms with Crippen LogP contribution in [0.5, 0.6) is 0 Å². The molecule has 2 rings (SSSR count). The maximum absolute atomic E-state index is 5.88. The number of rotatable bonds is 4. The Bertz CT molecular complexity index is 473. The van der Waals surface area contributed by atoms with Crippen molar-refractivity contribution in [2.45, 2.75) is 26.3 Å². The lowest BCUT2D eigenvalue weighted by Gasteiger charge is -2.08. The lowest BCUT2D eigenvalue weighted by Crippen LogP contribution is -1.97. The van der Waals surface area contributed by atoms with Gasteiger partial charge in [0.2, 0.25) is 0 Å². The van der Waals surface area contributed by atoms with Crippen LogP contribution in [0.15, 0.2) is 35.7 Å². The number of anilines is 1. The van der Waals surface area contributed by atoms with Crippen LogP contribution in [0, 0.1) is 0 Å². The summed E-state index contributed by atoms with van der Waals surface area (Å²) in [4.78, 5) is 1.25. The molecule has 0 radical (unpaired) electrons. The largest absolute Gasteiger partial charge is 0.380 e. The van der Waals surface area contributed by atoms with Gasteiger partial charge in [-0.2, -0.15) is 0 Å². The van der Waals surface area contributed by atoms with Crippen molar-refractivity contribution in [1.29, 1.82) is 0 Å². The molecular weight excluding hydrogens is 250 g/mol. The standard InChI is InChI=1S/C14H16ClNS/c1-10(2)11-3-5-13(6-4-11)16-8-14-7-12(15)9-17-14/h3-7,9-10,16H,8H2,1-2H3. The van der Waals surface area contributed by atoms with Gasteiger partial charge in [0.05, 0.1) is 5.02 Å². The summed E-state index contributed by atoms with van der Waals surface area (Å²) in [6.45, 7) is 5.24. The van der Waals surface area contributed by atoms with Gasteiger partial charge in [0.1, 0.15) is 0 Å². The van der Waals surface area contributed by atoms with Gasteiger partial charge in [-0.25, -0.2) is 0 Å².